The van der Waals surface area contributed by atoms with Crippen LogP contribution in [0.4, 0.5) is 10.5 Å². The lowest BCUT2D eigenvalue weighted by atomic mass is 10.1. The van der Waals surface area contributed by atoms with Gasteiger partial charge < -0.3 is 18.9 Å². The van der Waals surface area contributed by atoms with E-state index in [9.17, 15) is 4.79 Å². The number of amides is 1. The first kappa shape index (κ1) is 23.9. The SMILES string of the molecule is COc1cc2ncnc(Oc3ccc(N(C)C(=O)OC4CCCCCC4)c(Cl)c3)c2cc1OC. The average molecular weight is 486 g/mol. The van der Waals surface area contributed by atoms with Crippen molar-refractivity contribution in [2.24, 2.45) is 0 Å². The minimum Gasteiger partial charge on any atom is -0.493 e. The number of hydrogen-bond donors (Lipinski definition) is 0. The number of anilines is 1. The van der Waals surface area contributed by atoms with E-state index in [0.717, 1.165) is 25.7 Å². The van der Waals surface area contributed by atoms with Crippen molar-refractivity contribution < 1.29 is 23.7 Å². The van der Waals surface area contributed by atoms with Gasteiger partial charge in [-0.3, -0.25) is 4.90 Å². The quantitative estimate of drug-likeness (QED) is 0.374. The second-order valence-corrected chi connectivity index (χ2v) is 8.58. The van der Waals surface area contributed by atoms with Gasteiger partial charge in [0.15, 0.2) is 11.5 Å². The maximum atomic E-state index is 12.7. The van der Waals surface area contributed by atoms with Crippen molar-refractivity contribution in [3.8, 4) is 23.1 Å². The van der Waals surface area contributed by atoms with Gasteiger partial charge in [-0.1, -0.05) is 24.4 Å². The Hall–Kier alpha value is -3.26. The second kappa shape index (κ2) is 10.8. The zero-order valence-corrected chi connectivity index (χ0v) is 20.3. The molecule has 180 valence electrons. The minimum atomic E-state index is -0.412. The van der Waals surface area contributed by atoms with E-state index in [2.05, 4.69) is 9.97 Å². The van der Waals surface area contributed by atoms with Crippen LogP contribution in [0.25, 0.3) is 10.9 Å². The molecule has 1 amide bonds. The molecule has 0 saturated heterocycles. The van der Waals surface area contributed by atoms with Crippen LogP contribution in [0.15, 0.2) is 36.7 Å². The molecule has 1 heterocycles. The number of rotatable bonds is 6. The fourth-order valence-corrected chi connectivity index (χ4v) is 4.35. The summed E-state index contributed by atoms with van der Waals surface area (Å²) in [6.07, 6.45) is 7.34. The number of methoxy groups -OCH3 is 2. The summed E-state index contributed by atoms with van der Waals surface area (Å²) in [7, 11) is 4.78. The highest BCUT2D eigenvalue weighted by molar-refractivity contribution is 6.33. The van der Waals surface area contributed by atoms with Gasteiger partial charge in [0.05, 0.1) is 35.8 Å². The third-order valence-electron chi connectivity index (χ3n) is 5.94. The summed E-state index contributed by atoms with van der Waals surface area (Å²) in [5, 5.41) is 1.01. The van der Waals surface area contributed by atoms with Gasteiger partial charge in [-0.25, -0.2) is 14.8 Å². The molecule has 9 heteroatoms. The molecule has 1 fully saturated rings. The van der Waals surface area contributed by atoms with Crippen LogP contribution in [0.3, 0.4) is 0 Å². The molecule has 8 nitrogen and oxygen atoms in total. The Morgan fingerprint density at radius 2 is 1.71 bits per heavy atom. The van der Waals surface area contributed by atoms with Crippen molar-refractivity contribution in [2.75, 3.05) is 26.2 Å². The Bertz CT molecular complexity index is 1160. The predicted molar refractivity (Wildman–Crippen MR) is 131 cm³/mol. The van der Waals surface area contributed by atoms with Crippen LogP contribution >= 0.6 is 11.6 Å². The summed E-state index contributed by atoms with van der Waals surface area (Å²) in [6.45, 7) is 0. The van der Waals surface area contributed by atoms with Crippen LogP contribution in [0.2, 0.25) is 5.02 Å². The number of halogens is 1. The first-order valence-corrected chi connectivity index (χ1v) is 11.7. The molecule has 1 aromatic heterocycles. The van der Waals surface area contributed by atoms with Crippen LogP contribution in [-0.4, -0.2) is 43.4 Å². The molecule has 1 saturated carbocycles. The van der Waals surface area contributed by atoms with Gasteiger partial charge in [0.2, 0.25) is 5.88 Å². The molecule has 0 N–H and O–H groups in total. The van der Waals surface area contributed by atoms with Crippen molar-refractivity contribution in [1.29, 1.82) is 0 Å². The zero-order valence-electron chi connectivity index (χ0n) is 19.5. The van der Waals surface area contributed by atoms with Gasteiger partial charge in [-0.2, -0.15) is 0 Å². The second-order valence-electron chi connectivity index (χ2n) is 8.17. The molecule has 0 spiro atoms. The molecule has 34 heavy (non-hydrogen) atoms. The smallest absolute Gasteiger partial charge is 0.414 e. The lowest BCUT2D eigenvalue weighted by Crippen LogP contribution is -2.31. The van der Waals surface area contributed by atoms with Gasteiger partial charge in [-0.05, 0) is 43.9 Å². The van der Waals surface area contributed by atoms with E-state index in [1.807, 2.05) is 0 Å². The van der Waals surface area contributed by atoms with Crippen molar-refractivity contribution >= 4 is 34.3 Å². The summed E-state index contributed by atoms with van der Waals surface area (Å²) in [6, 6.07) is 8.61. The van der Waals surface area contributed by atoms with E-state index in [4.69, 9.17) is 30.5 Å². The summed E-state index contributed by atoms with van der Waals surface area (Å²) in [4.78, 5) is 22.7. The van der Waals surface area contributed by atoms with Gasteiger partial charge >= 0.3 is 6.09 Å². The highest BCUT2D eigenvalue weighted by Gasteiger charge is 2.22. The van der Waals surface area contributed by atoms with E-state index in [1.165, 1.54) is 24.1 Å². The number of nitrogens with zero attached hydrogens (tertiary/aromatic N) is 3. The summed E-state index contributed by atoms with van der Waals surface area (Å²) in [5.74, 6) is 1.91. The Morgan fingerprint density at radius 3 is 2.38 bits per heavy atom. The fraction of sp³-hybridized carbons (Fsp3) is 0.400. The third kappa shape index (κ3) is 5.28. The molecule has 1 aliphatic carbocycles. The largest absolute Gasteiger partial charge is 0.493 e. The van der Waals surface area contributed by atoms with Crippen molar-refractivity contribution in [3.63, 3.8) is 0 Å². The average Bonchev–Trinajstić information content (AvgIpc) is 3.11. The van der Waals surface area contributed by atoms with E-state index in [1.54, 1.807) is 51.6 Å². The number of hydrogen-bond acceptors (Lipinski definition) is 7. The Kier molecular flexibility index (Phi) is 7.57. The zero-order chi connectivity index (χ0) is 24.1. The van der Waals surface area contributed by atoms with Gasteiger partial charge in [-0.15, -0.1) is 0 Å². The van der Waals surface area contributed by atoms with Crippen LogP contribution < -0.4 is 19.1 Å². The predicted octanol–water partition coefficient (Wildman–Crippen LogP) is 6.39. The number of ether oxygens (including phenoxy) is 4. The summed E-state index contributed by atoms with van der Waals surface area (Å²) in [5.41, 5.74) is 1.18. The van der Waals surface area contributed by atoms with Crippen molar-refractivity contribution in [2.45, 2.75) is 44.6 Å². The van der Waals surface area contributed by atoms with Crippen LogP contribution in [0, 0.1) is 0 Å². The molecule has 0 bridgehead atoms. The third-order valence-corrected chi connectivity index (χ3v) is 6.25. The summed E-state index contributed by atoms with van der Waals surface area (Å²) >= 11 is 6.51. The van der Waals surface area contributed by atoms with E-state index in [-0.39, 0.29) is 6.10 Å². The Labute approximate surface area is 203 Å². The number of aromatic nitrogens is 2. The van der Waals surface area contributed by atoms with Crippen molar-refractivity contribution in [1.82, 2.24) is 9.97 Å². The molecule has 3 aromatic rings. The van der Waals surface area contributed by atoms with Gasteiger partial charge in [0.1, 0.15) is 18.2 Å². The van der Waals surface area contributed by atoms with E-state index < -0.39 is 6.09 Å². The number of benzene rings is 2. The maximum absolute atomic E-state index is 12.7. The highest BCUT2D eigenvalue weighted by Crippen LogP contribution is 2.37. The normalized spacial score (nSPS) is 14.4. The van der Waals surface area contributed by atoms with Crippen LogP contribution in [0.1, 0.15) is 38.5 Å². The molecule has 0 aliphatic heterocycles. The maximum Gasteiger partial charge on any atom is 0.414 e. The van der Waals surface area contributed by atoms with Crippen LogP contribution in [-0.2, 0) is 4.74 Å². The molecule has 2 aromatic carbocycles. The molecule has 4 rings (SSSR count). The monoisotopic (exact) mass is 485 g/mol. The number of carbonyl (C=O) groups is 1. The summed E-state index contributed by atoms with van der Waals surface area (Å²) < 4.78 is 22.5. The molecule has 1 aliphatic rings. The van der Waals surface area contributed by atoms with E-state index in [0.29, 0.717) is 44.7 Å². The molecular weight excluding hydrogens is 458 g/mol. The topological polar surface area (TPSA) is 83.0 Å². The Balaban J connectivity index is 1.52. The first-order valence-electron chi connectivity index (χ1n) is 11.3. The molecule has 0 unspecified atom stereocenters. The van der Waals surface area contributed by atoms with Gasteiger partial charge in [0.25, 0.3) is 0 Å². The van der Waals surface area contributed by atoms with Crippen molar-refractivity contribution in [3.05, 3.63) is 41.7 Å². The minimum absolute atomic E-state index is 0.0412. The first-order chi connectivity index (χ1) is 16.5. The molecule has 0 atom stereocenters. The Morgan fingerprint density at radius 1 is 1.00 bits per heavy atom. The standard InChI is InChI=1S/C25H28ClN3O5/c1-29(25(30)34-16-8-6-4-5-7-9-16)21-11-10-17(12-19(21)26)33-24-18-13-22(31-2)23(32-3)14-20(18)27-15-28-24/h10-16H,4-9H2,1-3H3. The number of fused-ring (bicyclic) bond motifs is 1. The molecular formula is C25H28ClN3O5. The van der Waals surface area contributed by atoms with Gasteiger partial charge in [0, 0.05) is 19.2 Å². The number of carbonyl (C=O) groups excluding carboxylic acids is 1. The lowest BCUT2D eigenvalue weighted by molar-refractivity contribution is 0.0959. The highest BCUT2D eigenvalue weighted by atomic mass is 35.5. The van der Waals surface area contributed by atoms with E-state index >= 15 is 0 Å². The van der Waals surface area contributed by atoms with Crippen LogP contribution in [0.5, 0.6) is 23.1 Å². The fourth-order valence-electron chi connectivity index (χ4n) is 4.06. The lowest BCUT2D eigenvalue weighted by Gasteiger charge is -2.22. The molecule has 0 radical (unpaired) electrons.